The fourth-order valence-electron chi connectivity index (χ4n) is 3.31. The zero-order valence-corrected chi connectivity index (χ0v) is 11.7. The van der Waals surface area contributed by atoms with Crippen LogP contribution in [0.5, 0.6) is 0 Å². The standard InChI is InChI=1S/C13H21N3OS/c1-2-14-12(11-9-15-18-16-11)10-4-7-17-13(8-10)5-3-6-13/h9-10,12,14H,2-8H2,1H3. The van der Waals surface area contributed by atoms with Crippen molar-refractivity contribution in [2.75, 3.05) is 13.2 Å². The molecule has 2 aliphatic rings. The average molecular weight is 267 g/mol. The largest absolute Gasteiger partial charge is 0.375 e. The van der Waals surface area contributed by atoms with E-state index < -0.39 is 0 Å². The highest BCUT2D eigenvalue weighted by Gasteiger charge is 2.44. The van der Waals surface area contributed by atoms with E-state index in [1.807, 2.05) is 6.20 Å². The molecule has 0 radical (unpaired) electrons. The van der Waals surface area contributed by atoms with E-state index in [-0.39, 0.29) is 5.60 Å². The summed E-state index contributed by atoms with van der Waals surface area (Å²) in [6.45, 7) is 4.04. The zero-order chi connectivity index (χ0) is 12.4. The Labute approximate surface area is 112 Å². The molecule has 5 heteroatoms. The van der Waals surface area contributed by atoms with Crippen molar-refractivity contribution in [3.63, 3.8) is 0 Å². The van der Waals surface area contributed by atoms with Gasteiger partial charge in [-0.3, -0.25) is 0 Å². The monoisotopic (exact) mass is 267 g/mol. The van der Waals surface area contributed by atoms with Gasteiger partial charge in [-0.1, -0.05) is 6.92 Å². The molecule has 1 aliphatic carbocycles. The van der Waals surface area contributed by atoms with Crippen LogP contribution in [0.25, 0.3) is 0 Å². The van der Waals surface area contributed by atoms with Gasteiger partial charge in [-0.05, 0) is 44.6 Å². The van der Waals surface area contributed by atoms with Crippen LogP contribution in [0.15, 0.2) is 6.20 Å². The minimum atomic E-state index is 0.208. The Morgan fingerprint density at radius 1 is 1.61 bits per heavy atom. The molecule has 18 heavy (non-hydrogen) atoms. The van der Waals surface area contributed by atoms with Crippen molar-refractivity contribution in [1.29, 1.82) is 0 Å². The van der Waals surface area contributed by atoms with Crippen LogP contribution in [0.3, 0.4) is 0 Å². The van der Waals surface area contributed by atoms with Gasteiger partial charge in [0.05, 0.1) is 35.3 Å². The Balaban J connectivity index is 1.73. The molecular weight excluding hydrogens is 246 g/mol. The van der Waals surface area contributed by atoms with E-state index in [0.29, 0.717) is 12.0 Å². The lowest BCUT2D eigenvalue weighted by Gasteiger charge is -2.48. The molecule has 1 N–H and O–H groups in total. The Hall–Kier alpha value is -0.520. The van der Waals surface area contributed by atoms with Crippen molar-refractivity contribution in [2.45, 2.75) is 50.7 Å². The number of aromatic nitrogens is 2. The second kappa shape index (κ2) is 5.23. The number of ether oxygens (including phenoxy) is 1. The van der Waals surface area contributed by atoms with Gasteiger partial charge in [-0.15, -0.1) is 0 Å². The van der Waals surface area contributed by atoms with Crippen molar-refractivity contribution in [3.05, 3.63) is 11.9 Å². The van der Waals surface area contributed by atoms with Crippen molar-refractivity contribution in [1.82, 2.24) is 14.1 Å². The molecule has 1 aromatic rings. The van der Waals surface area contributed by atoms with E-state index in [2.05, 4.69) is 21.0 Å². The maximum atomic E-state index is 6.02. The Morgan fingerprint density at radius 3 is 3.11 bits per heavy atom. The molecule has 0 amide bonds. The molecule has 2 unspecified atom stereocenters. The fraction of sp³-hybridized carbons (Fsp3) is 0.846. The Kier molecular flexibility index (Phi) is 3.63. The van der Waals surface area contributed by atoms with E-state index in [4.69, 9.17) is 4.74 Å². The van der Waals surface area contributed by atoms with Crippen molar-refractivity contribution < 1.29 is 4.74 Å². The zero-order valence-electron chi connectivity index (χ0n) is 10.9. The summed E-state index contributed by atoms with van der Waals surface area (Å²) in [7, 11) is 0. The van der Waals surface area contributed by atoms with Gasteiger partial charge >= 0.3 is 0 Å². The first-order valence-electron chi connectivity index (χ1n) is 6.98. The molecule has 0 bridgehead atoms. The lowest BCUT2D eigenvalue weighted by molar-refractivity contribution is -0.147. The molecule has 1 spiro atoms. The Bertz CT molecular complexity index is 378. The summed E-state index contributed by atoms with van der Waals surface area (Å²) < 4.78 is 14.6. The van der Waals surface area contributed by atoms with E-state index >= 15 is 0 Å². The number of nitrogens with zero attached hydrogens (tertiary/aromatic N) is 2. The predicted octanol–water partition coefficient (Wildman–Crippen LogP) is 2.54. The third kappa shape index (κ3) is 2.31. The summed E-state index contributed by atoms with van der Waals surface area (Å²) in [5.74, 6) is 0.642. The number of hydrogen-bond donors (Lipinski definition) is 1. The average Bonchev–Trinajstić information content (AvgIpc) is 2.88. The van der Waals surface area contributed by atoms with Crippen LogP contribution < -0.4 is 5.32 Å². The predicted molar refractivity (Wildman–Crippen MR) is 71.6 cm³/mol. The van der Waals surface area contributed by atoms with Gasteiger partial charge in [0, 0.05) is 6.61 Å². The van der Waals surface area contributed by atoms with Gasteiger partial charge in [-0.2, -0.15) is 8.75 Å². The SMILES string of the molecule is CCNC(c1cnsn1)C1CCOC2(CCC2)C1. The summed E-state index contributed by atoms with van der Waals surface area (Å²) in [5.41, 5.74) is 1.32. The first-order valence-corrected chi connectivity index (χ1v) is 7.71. The normalized spacial score (nSPS) is 27.9. The molecule has 1 saturated heterocycles. The minimum absolute atomic E-state index is 0.208. The quantitative estimate of drug-likeness (QED) is 0.910. The van der Waals surface area contributed by atoms with E-state index in [9.17, 15) is 0 Å². The van der Waals surface area contributed by atoms with Crippen LogP contribution in [0.4, 0.5) is 0 Å². The van der Waals surface area contributed by atoms with E-state index in [0.717, 1.165) is 25.3 Å². The third-order valence-corrected chi connectivity index (χ3v) is 4.88. The molecule has 0 aromatic carbocycles. The lowest BCUT2D eigenvalue weighted by atomic mass is 9.70. The molecule has 1 aromatic heterocycles. The molecule has 1 aliphatic heterocycles. The van der Waals surface area contributed by atoms with Gasteiger partial charge in [0.25, 0.3) is 0 Å². The van der Waals surface area contributed by atoms with Crippen LogP contribution in [-0.2, 0) is 4.74 Å². The van der Waals surface area contributed by atoms with Crippen LogP contribution in [-0.4, -0.2) is 27.5 Å². The van der Waals surface area contributed by atoms with Gasteiger partial charge in [0.2, 0.25) is 0 Å². The molecule has 2 fully saturated rings. The Morgan fingerprint density at radius 2 is 2.50 bits per heavy atom. The number of nitrogens with one attached hydrogen (secondary N) is 1. The summed E-state index contributed by atoms with van der Waals surface area (Å²) in [5, 5.41) is 3.59. The highest BCUT2D eigenvalue weighted by molar-refractivity contribution is 6.99. The van der Waals surface area contributed by atoms with Gasteiger partial charge in [0.1, 0.15) is 0 Å². The highest BCUT2D eigenvalue weighted by atomic mass is 32.1. The summed E-state index contributed by atoms with van der Waals surface area (Å²) in [6.07, 6.45) is 8.06. The third-order valence-electron chi connectivity index (χ3n) is 4.39. The second-order valence-corrected chi connectivity index (χ2v) is 6.06. The van der Waals surface area contributed by atoms with Gasteiger partial charge < -0.3 is 10.1 Å². The van der Waals surface area contributed by atoms with Crippen molar-refractivity contribution >= 4 is 11.7 Å². The second-order valence-electron chi connectivity index (χ2n) is 5.51. The summed E-state index contributed by atoms with van der Waals surface area (Å²) >= 11 is 1.31. The molecule has 4 nitrogen and oxygen atoms in total. The fourth-order valence-corrected chi connectivity index (χ4v) is 3.77. The van der Waals surface area contributed by atoms with E-state index in [1.165, 1.54) is 37.4 Å². The molecular formula is C13H21N3OS. The molecule has 3 rings (SSSR count). The number of hydrogen-bond acceptors (Lipinski definition) is 5. The van der Waals surface area contributed by atoms with Crippen LogP contribution in [0.1, 0.15) is 50.8 Å². The van der Waals surface area contributed by atoms with Crippen LogP contribution >= 0.6 is 11.7 Å². The van der Waals surface area contributed by atoms with Gasteiger partial charge in [0.15, 0.2) is 0 Å². The molecule has 1 saturated carbocycles. The molecule has 2 heterocycles. The highest BCUT2D eigenvalue weighted by Crippen LogP contribution is 2.46. The van der Waals surface area contributed by atoms with E-state index in [1.54, 1.807) is 0 Å². The minimum Gasteiger partial charge on any atom is -0.375 e. The number of rotatable bonds is 4. The van der Waals surface area contributed by atoms with Crippen molar-refractivity contribution in [2.24, 2.45) is 5.92 Å². The topological polar surface area (TPSA) is 47.0 Å². The van der Waals surface area contributed by atoms with Crippen molar-refractivity contribution in [3.8, 4) is 0 Å². The smallest absolute Gasteiger partial charge is 0.0915 e. The maximum Gasteiger partial charge on any atom is 0.0915 e. The first kappa shape index (κ1) is 12.5. The lowest BCUT2D eigenvalue weighted by Crippen LogP contribution is -2.48. The molecule has 100 valence electrons. The maximum absolute atomic E-state index is 6.02. The van der Waals surface area contributed by atoms with Crippen LogP contribution in [0, 0.1) is 5.92 Å². The molecule has 2 atom stereocenters. The van der Waals surface area contributed by atoms with Crippen LogP contribution in [0.2, 0.25) is 0 Å². The first-order chi connectivity index (χ1) is 8.83. The summed E-state index contributed by atoms with van der Waals surface area (Å²) in [6, 6.07) is 0.357. The summed E-state index contributed by atoms with van der Waals surface area (Å²) in [4.78, 5) is 0. The van der Waals surface area contributed by atoms with Gasteiger partial charge in [-0.25, -0.2) is 0 Å².